The van der Waals surface area contributed by atoms with Crippen LogP contribution in [0.1, 0.15) is 51.3 Å². The maximum absolute atomic E-state index is 13.3. The lowest BCUT2D eigenvalue weighted by atomic mass is 9.91. The lowest BCUT2D eigenvalue weighted by Crippen LogP contribution is -2.26. The third kappa shape index (κ3) is 3.48. The van der Waals surface area contributed by atoms with Gasteiger partial charge < -0.3 is 9.40 Å². The van der Waals surface area contributed by atoms with Gasteiger partial charge in [-0.1, -0.05) is 24.3 Å². The van der Waals surface area contributed by atoms with Crippen molar-refractivity contribution in [2.45, 2.75) is 33.7 Å². The third-order valence-corrected chi connectivity index (χ3v) is 6.38. The van der Waals surface area contributed by atoms with E-state index in [0.29, 0.717) is 23.1 Å². The van der Waals surface area contributed by atoms with Crippen molar-refractivity contribution in [2.24, 2.45) is 0 Å². The summed E-state index contributed by atoms with van der Waals surface area (Å²) in [6, 6.07) is 17.3. The van der Waals surface area contributed by atoms with Crippen LogP contribution in [0.25, 0.3) is 21.8 Å². The van der Waals surface area contributed by atoms with Crippen molar-refractivity contribution in [1.82, 2.24) is 10.0 Å². The van der Waals surface area contributed by atoms with Gasteiger partial charge in [-0.25, -0.2) is 5.48 Å². The molecule has 0 radical (unpaired) electrons. The van der Waals surface area contributed by atoms with Crippen molar-refractivity contribution < 1.29 is 19.2 Å². The molecule has 6 heteroatoms. The molecule has 170 valence electrons. The zero-order chi connectivity index (χ0) is 24.0. The molecule has 5 rings (SSSR count). The van der Waals surface area contributed by atoms with Crippen molar-refractivity contribution in [3.63, 3.8) is 0 Å². The van der Waals surface area contributed by atoms with Crippen molar-refractivity contribution in [1.29, 1.82) is 0 Å². The summed E-state index contributed by atoms with van der Waals surface area (Å²) < 4.78 is 2.20. The molecule has 1 N–H and O–H groups in total. The van der Waals surface area contributed by atoms with Crippen LogP contribution in [-0.4, -0.2) is 22.1 Å². The Morgan fingerprint density at radius 2 is 1.79 bits per heavy atom. The van der Waals surface area contributed by atoms with Crippen LogP contribution in [0.15, 0.2) is 66.4 Å². The largest absolute Gasteiger partial charge is 0.344 e. The fourth-order valence-corrected chi connectivity index (χ4v) is 4.70. The molecule has 6 nitrogen and oxygen atoms in total. The van der Waals surface area contributed by atoms with Gasteiger partial charge in [0, 0.05) is 52.0 Å². The summed E-state index contributed by atoms with van der Waals surface area (Å²) in [6.45, 7) is 6.04. The molecule has 0 saturated heterocycles. The number of carbonyl (C=O) groups excluding carboxylic acids is 3. The molecule has 0 bridgehead atoms. The second-order valence-corrected chi connectivity index (χ2v) is 8.49. The molecule has 0 atom stereocenters. The summed E-state index contributed by atoms with van der Waals surface area (Å²) in [5.74, 6) is -0.775. The van der Waals surface area contributed by atoms with Crippen LogP contribution in [0.3, 0.4) is 0 Å². The number of aryl methyl sites for hydroxylation is 2. The fourth-order valence-electron chi connectivity index (χ4n) is 4.70. The van der Waals surface area contributed by atoms with E-state index in [2.05, 4.69) is 17.0 Å². The van der Waals surface area contributed by atoms with Crippen molar-refractivity contribution in [3.8, 4) is 0 Å². The van der Waals surface area contributed by atoms with Gasteiger partial charge >= 0.3 is 5.97 Å². The highest BCUT2D eigenvalue weighted by Gasteiger charge is 2.24. The molecule has 0 fully saturated rings. The molecule has 0 saturated carbocycles. The summed E-state index contributed by atoms with van der Waals surface area (Å²) >= 11 is 0. The van der Waals surface area contributed by atoms with Crippen LogP contribution in [-0.2, 0) is 22.6 Å². The Labute approximate surface area is 196 Å². The van der Waals surface area contributed by atoms with E-state index in [4.69, 9.17) is 4.84 Å². The molecule has 0 amide bonds. The number of ketones is 2. The number of allylic oxidation sites excluding steroid dienone is 2. The topological polar surface area (TPSA) is 77.4 Å². The zero-order valence-electron chi connectivity index (χ0n) is 19.3. The van der Waals surface area contributed by atoms with E-state index in [0.717, 1.165) is 39.5 Å². The van der Waals surface area contributed by atoms with Crippen LogP contribution in [0.5, 0.6) is 0 Å². The second-order valence-electron chi connectivity index (χ2n) is 8.49. The number of carbonyl (C=O) groups is 3. The number of hydrogen-bond acceptors (Lipinski definition) is 5. The quantitative estimate of drug-likeness (QED) is 0.339. The van der Waals surface area contributed by atoms with Crippen molar-refractivity contribution in [2.75, 3.05) is 0 Å². The van der Waals surface area contributed by atoms with E-state index >= 15 is 0 Å². The molecule has 1 aromatic heterocycles. The molecule has 34 heavy (non-hydrogen) atoms. The number of hydroxylamine groups is 1. The predicted octanol–water partition coefficient (Wildman–Crippen LogP) is 5.04. The Kier molecular flexibility index (Phi) is 5.28. The smallest absolute Gasteiger partial charge is 0.329 e. The number of hydrogen-bond donors (Lipinski definition) is 1. The summed E-state index contributed by atoms with van der Waals surface area (Å²) in [5, 5.41) is 1.84. The Bertz CT molecular complexity index is 1540. The Morgan fingerprint density at radius 1 is 1.03 bits per heavy atom. The predicted molar refractivity (Wildman–Crippen MR) is 131 cm³/mol. The summed E-state index contributed by atoms with van der Waals surface area (Å²) in [5.41, 5.74) is 8.46. The van der Waals surface area contributed by atoms with E-state index in [-0.39, 0.29) is 17.3 Å². The van der Waals surface area contributed by atoms with E-state index in [1.54, 1.807) is 6.08 Å². The van der Waals surface area contributed by atoms with E-state index in [1.165, 1.54) is 6.92 Å². The molecule has 0 spiro atoms. The van der Waals surface area contributed by atoms with E-state index < -0.39 is 5.97 Å². The van der Waals surface area contributed by atoms with Gasteiger partial charge in [0.25, 0.3) is 0 Å². The van der Waals surface area contributed by atoms with E-state index in [9.17, 15) is 14.4 Å². The number of benzene rings is 3. The molecule has 0 unspecified atom stereocenters. The molecular formula is C28H24N2O4. The number of aromatic nitrogens is 1. The van der Waals surface area contributed by atoms with Crippen molar-refractivity contribution in [3.05, 3.63) is 94.2 Å². The third-order valence-electron chi connectivity index (χ3n) is 6.38. The number of nitrogens with one attached hydrogen (secondary N) is 1. The van der Waals surface area contributed by atoms with Crippen molar-refractivity contribution >= 4 is 39.3 Å². The molecule has 0 aliphatic heterocycles. The first-order valence-electron chi connectivity index (χ1n) is 11.3. The summed E-state index contributed by atoms with van der Waals surface area (Å²) in [6.07, 6.45) is 2.28. The van der Waals surface area contributed by atoms with Crippen LogP contribution in [0.2, 0.25) is 0 Å². The number of rotatable bonds is 5. The average molecular weight is 453 g/mol. The lowest BCUT2D eigenvalue weighted by Gasteiger charge is -2.17. The Hall–Kier alpha value is -4.19. The highest BCUT2D eigenvalue weighted by atomic mass is 16.7. The Balaban J connectivity index is 1.65. The van der Waals surface area contributed by atoms with Crippen LogP contribution < -0.4 is 5.48 Å². The first kappa shape index (κ1) is 21.6. The van der Waals surface area contributed by atoms with Gasteiger partial charge in [0.2, 0.25) is 5.78 Å². The highest BCUT2D eigenvalue weighted by Crippen LogP contribution is 2.34. The minimum absolute atomic E-state index is 0.0257. The first-order chi connectivity index (χ1) is 16.4. The first-order valence-corrected chi connectivity index (χ1v) is 11.3. The van der Waals surface area contributed by atoms with Gasteiger partial charge in [0.05, 0.1) is 0 Å². The minimum Gasteiger partial charge on any atom is -0.344 e. The van der Waals surface area contributed by atoms with Gasteiger partial charge in [-0.3, -0.25) is 14.4 Å². The molecule has 4 aromatic rings. The minimum atomic E-state index is -0.521. The maximum Gasteiger partial charge on any atom is 0.329 e. The molecule has 1 heterocycles. The Morgan fingerprint density at radius 3 is 2.53 bits per heavy atom. The van der Waals surface area contributed by atoms with Gasteiger partial charge in [-0.2, -0.15) is 0 Å². The number of nitrogens with zero attached hydrogens (tertiary/aromatic N) is 1. The molecule has 3 aromatic carbocycles. The normalized spacial score (nSPS) is 13.0. The standard InChI is InChI=1S/C28H24N2O4/c1-4-30-25-12-10-19(27(32)20-8-6-5-7-16(20)2)13-22(25)23-15-21-18(14-26(23)30)9-11-24(28(21)33)29-34-17(3)31/h5-8,10-15,29H,4,9H2,1-3H3. The monoisotopic (exact) mass is 452 g/mol. The van der Waals surface area contributed by atoms with Crippen LogP contribution >= 0.6 is 0 Å². The number of Topliss-reactive ketones (excluding diaryl/α,β-unsaturated/α-hetero) is 1. The van der Waals surface area contributed by atoms with Crippen LogP contribution in [0, 0.1) is 6.92 Å². The van der Waals surface area contributed by atoms with Crippen LogP contribution in [0.4, 0.5) is 0 Å². The maximum atomic E-state index is 13.3. The molecular weight excluding hydrogens is 428 g/mol. The molecule has 1 aliphatic carbocycles. The average Bonchev–Trinajstić information content (AvgIpc) is 3.14. The summed E-state index contributed by atoms with van der Waals surface area (Å²) in [7, 11) is 0. The SMILES string of the molecule is CCn1c2ccc(C(=O)c3ccccc3C)cc2c2cc3c(cc21)CC=C(NOC(C)=O)C3=O. The molecule has 1 aliphatic rings. The van der Waals surface area contributed by atoms with Gasteiger partial charge in [0.15, 0.2) is 5.78 Å². The fraction of sp³-hybridized carbons (Fsp3) is 0.179. The second kappa shape index (κ2) is 8.30. The highest BCUT2D eigenvalue weighted by molar-refractivity contribution is 6.18. The zero-order valence-corrected chi connectivity index (χ0v) is 19.3. The summed E-state index contributed by atoms with van der Waals surface area (Å²) in [4.78, 5) is 42.3. The van der Waals surface area contributed by atoms with E-state index in [1.807, 2.05) is 61.5 Å². The lowest BCUT2D eigenvalue weighted by molar-refractivity contribution is -0.146. The van der Waals surface area contributed by atoms with Gasteiger partial charge in [-0.15, -0.1) is 0 Å². The van der Waals surface area contributed by atoms with Gasteiger partial charge in [-0.05, 0) is 67.8 Å². The van der Waals surface area contributed by atoms with Gasteiger partial charge in [0.1, 0.15) is 5.70 Å². The number of fused-ring (bicyclic) bond motifs is 4.